The molecular formula is C37H38Cl2N2O2. The van der Waals surface area contributed by atoms with Gasteiger partial charge >= 0.3 is 0 Å². The minimum Gasteiger partial charge on any atom is -0.303 e. The summed E-state index contributed by atoms with van der Waals surface area (Å²) in [7, 11) is 0. The van der Waals surface area contributed by atoms with Gasteiger partial charge in [0, 0.05) is 45.5 Å². The predicted octanol–water partition coefficient (Wildman–Crippen LogP) is 9.31. The van der Waals surface area contributed by atoms with Gasteiger partial charge in [0.2, 0.25) is 0 Å². The molecule has 2 heterocycles. The third-order valence-electron chi connectivity index (χ3n) is 8.90. The highest BCUT2D eigenvalue weighted by Crippen LogP contribution is 2.42. The van der Waals surface area contributed by atoms with E-state index in [0.717, 1.165) is 45.3 Å². The van der Waals surface area contributed by atoms with Crippen molar-refractivity contribution in [1.82, 2.24) is 9.88 Å². The first-order valence-electron chi connectivity index (χ1n) is 15.1. The van der Waals surface area contributed by atoms with Crippen LogP contribution in [0.5, 0.6) is 0 Å². The first kappa shape index (κ1) is 31.1. The summed E-state index contributed by atoms with van der Waals surface area (Å²) in [5, 5.41) is 0.710. The molecule has 0 spiro atoms. The molecule has 1 fully saturated rings. The number of carbonyl (C=O) groups is 2. The number of hydrogen-bond acceptors (Lipinski definition) is 4. The summed E-state index contributed by atoms with van der Waals surface area (Å²) >= 11 is 13.0. The molecule has 222 valence electrons. The van der Waals surface area contributed by atoms with Gasteiger partial charge in [-0.05, 0) is 83.3 Å². The number of halogens is 2. The molecule has 3 aromatic carbocycles. The molecule has 1 aliphatic rings. The Morgan fingerprint density at radius 3 is 1.95 bits per heavy atom. The number of carbonyl (C=O) groups excluding carboxylic acids is 2. The van der Waals surface area contributed by atoms with E-state index in [4.69, 9.17) is 23.2 Å². The van der Waals surface area contributed by atoms with Gasteiger partial charge in [0.1, 0.15) is 0 Å². The molecule has 0 atom stereocenters. The van der Waals surface area contributed by atoms with E-state index >= 15 is 0 Å². The Morgan fingerprint density at radius 1 is 0.791 bits per heavy atom. The van der Waals surface area contributed by atoms with Crippen LogP contribution in [0.15, 0.2) is 78.9 Å². The molecule has 1 aromatic heterocycles. The van der Waals surface area contributed by atoms with Crippen LogP contribution < -0.4 is 0 Å². The van der Waals surface area contributed by atoms with Gasteiger partial charge < -0.3 is 4.90 Å². The Kier molecular flexibility index (Phi) is 9.81. The average molecular weight is 614 g/mol. The van der Waals surface area contributed by atoms with Crippen LogP contribution in [-0.4, -0.2) is 41.1 Å². The Balaban J connectivity index is 1.27. The summed E-state index contributed by atoms with van der Waals surface area (Å²) in [6, 6.07) is 27.1. The molecule has 6 heteroatoms. The van der Waals surface area contributed by atoms with E-state index in [1.54, 1.807) is 19.1 Å². The standard InChI is InChI=1S/C37H38Cl2N2O2/c1-25-33(27(3)42)35(30-17-12-18-31(38)36(30)39)34(26(2)40-25)32(43)19-10-11-22-41-23-20-37(21-24-41,28-13-6-4-7-14-28)29-15-8-5-9-16-29/h4-9,12-18H,10-11,19-24H2,1-3H3. The highest BCUT2D eigenvalue weighted by Gasteiger charge is 2.37. The van der Waals surface area contributed by atoms with Crippen LogP contribution in [0.25, 0.3) is 11.1 Å². The lowest BCUT2D eigenvalue weighted by Crippen LogP contribution is -2.43. The number of piperidine rings is 1. The Labute approximate surface area is 265 Å². The number of aromatic nitrogens is 1. The highest BCUT2D eigenvalue weighted by atomic mass is 35.5. The fourth-order valence-corrected chi connectivity index (χ4v) is 7.15. The van der Waals surface area contributed by atoms with E-state index in [0.29, 0.717) is 50.1 Å². The number of unbranched alkanes of at least 4 members (excludes halogenated alkanes) is 1. The molecule has 0 bridgehead atoms. The van der Waals surface area contributed by atoms with Crippen molar-refractivity contribution >= 4 is 34.8 Å². The first-order chi connectivity index (χ1) is 20.7. The lowest BCUT2D eigenvalue weighted by atomic mass is 9.68. The number of Topliss-reactive ketones (excluding diaryl/α,β-unsaturated/α-hetero) is 2. The fraction of sp³-hybridized carbons (Fsp3) is 0.324. The van der Waals surface area contributed by atoms with Gasteiger partial charge in [-0.1, -0.05) is 96.0 Å². The molecule has 0 N–H and O–H groups in total. The summed E-state index contributed by atoms with van der Waals surface area (Å²) in [6.45, 7) is 8.09. The normalized spacial score (nSPS) is 14.9. The molecule has 1 aliphatic heterocycles. The number of hydrogen-bond donors (Lipinski definition) is 0. The number of ketones is 2. The van der Waals surface area contributed by atoms with Gasteiger partial charge in [0.15, 0.2) is 11.6 Å². The highest BCUT2D eigenvalue weighted by molar-refractivity contribution is 6.44. The van der Waals surface area contributed by atoms with Crippen molar-refractivity contribution in [2.24, 2.45) is 0 Å². The van der Waals surface area contributed by atoms with E-state index in [-0.39, 0.29) is 17.0 Å². The summed E-state index contributed by atoms with van der Waals surface area (Å²) in [6.07, 6.45) is 4.17. The van der Waals surface area contributed by atoms with Crippen LogP contribution in [0.2, 0.25) is 10.0 Å². The zero-order chi connectivity index (χ0) is 30.6. The van der Waals surface area contributed by atoms with Gasteiger partial charge in [-0.25, -0.2) is 0 Å². The van der Waals surface area contributed by atoms with Gasteiger partial charge in [-0.15, -0.1) is 0 Å². The van der Waals surface area contributed by atoms with Crippen molar-refractivity contribution in [2.45, 2.75) is 58.3 Å². The third kappa shape index (κ3) is 6.47. The Bertz CT molecular complexity index is 1570. The predicted molar refractivity (Wildman–Crippen MR) is 177 cm³/mol. The number of benzene rings is 3. The number of rotatable bonds is 10. The molecule has 5 rings (SSSR count). The third-order valence-corrected chi connectivity index (χ3v) is 9.72. The molecular weight excluding hydrogens is 575 g/mol. The van der Waals surface area contributed by atoms with Crippen molar-refractivity contribution in [3.05, 3.63) is 123 Å². The van der Waals surface area contributed by atoms with Gasteiger partial charge in [0.25, 0.3) is 0 Å². The molecule has 0 radical (unpaired) electrons. The summed E-state index contributed by atoms with van der Waals surface area (Å²) in [4.78, 5) is 33.6. The topological polar surface area (TPSA) is 50.3 Å². The van der Waals surface area contributed by atoms with Crippen molar-refractivity contribution in [2.75, 3.05) is 19.6 Å². The molecule has 0 unspecified atom stereocenters. The minimum absolute atomic E-state index is 0.0237. The second-order valence-corrected chi connectivity index (χ2v) is 12.4. The first-order valence-corrected chi connectivity index (χ1v) is 15.8. The van der Waals surface area contributed by atoms with Crippen molar-refractivity contribution < 1.29 is 9.59 Å². The molecule has 4 nitrogen and oxygen atoms in total. The second-order valence-electron chi connectivity index (χ2n) is 11.6. The van der Waals surface area contributed by atoms with Gasteiger partial charge in [-0.2, -0.15) is 0 Å². The molecule has 4 aromatic rings. The summed E-state index contributed by atoms with van der Waals surface area (Å²) in [5.74, 6) is -0.179. The SMILES string of the molecule is CC(=O)c1c(C)nc(C)c(C(=O)CCCCN2CCC(c3ccccc3)(c3ccccc3)CC2)c1-c1cccc(Cl)c1Cl. The molecule has 0 amide bonds. The van der Waals surface area contributed by atoms with Crippen LogP contribution in [-0.2, 0) is 5.41 Å². The van der Waals surface area contributed by atoms with Crippen LogP contribution in [0.4, 0.5) is 0 Å². The monoisotopic (exact) mass is 612 g/mol. The second kappa shape index (κ2) is 13.5. The van der Waals surface area contributed by atoms with Crippen LogP contribution >= 0.6 is 23.2 Å². The minimum atomic E-state index is -0.155. The number of pyridine rings is 1. The molecule has 43 heavy (non-hydrogen) atoms. The number of likely N-dealkylation sites (tertiary alicyclic amines) is 1. The zero-order valence-corrected chi connectivity index (χ0v) is 26.6. The maximum absolute atomic E-state index is 13.8. The maximum atomic E-state index is 13.8. The van der Waals surface area contributed by atoms with Crippen molar-refractivity contribution in [1.29, 1.82) is 0 Å². The largest absolute Gasteiger partial charge is 0.303 e. The lowest BCUT2D eigenvalue weighted by molar-refractivity contribution is 0.0976. The zero-order valence-electron chi connectivity index (χ0n) is 25.1. The quantitative estimate of drug-likeness (QED) is 0.132. The van der Waals surface area contributed by atoms with Crippen molar-refractivity contribution in [3.63, 3.8) is 0 Å². The van der Waals surface area contributed by atoms with E-state index in [1.165, 1.54) is 18.1 Å². The summed E-state index contributed by atoms with van der Waals surface area (Å²) < 4.78 is 0. The van der Waals surface area contributed by atoms with Gasteiger partial charge in [0.05, 0.1) is 10.0 Å². The van der Waals surface area contributed by atoms with Crippen LogP contribution in [0.1, 0.15) is 82.3 Å². The van der Waals surface area contributed by atoms with Crippen LogP contribution in [0, 0.1) is 13.8 Å². The fourth-order valence-electron chi connectivity index (χ4n) is 6.75. The van der Waals surface area contributed by atoms with E-state index in [2.05, 4.69) is 70.5 Å². The average Bonchev–Trinajstić information content (AvgIpc) is 3.01. The van der Waals surface area contributed by atoms with Crippen molar-refractivity contribution in [3.8, 4) is 11.1 Å². The number of aryl methyl sites for hydroxylation is 2. The lowest BCUT2D eigenvalue weighted by Gasteiger charge is -2.43. The van der Waals surface area contributed by atoms with E-state index in [1.807, 2.05) is 13.0 Å². The molecule has 0 aliphatic carbocycles. The Morgan fingerprint density at radius 2 is 1.37 bits per heavy atom. The van der Waals surface area contributed by atoms with E-state index < -0.39 is 0 Å². The van der Waals surface area contributed by atoms with Gasteiger partial charge in [-0.3, -0.25) is 14.6 Å². The molecule has 1 saturated heterocycles. The number of nitrogens with zero attached hydrogens (tertiary/aromatic N) is 2. The Hall–Kier alpha value is -3.31. The van der Waals surface area contributed by atoms with E-state index in [9.17, 15) is 9.59 Å². The maximum Gasteiger partial charge on any atom is 0.165 e. The smallest absolute Gasteiger partial charge is 0.165 e. The molecule has 0 saturated carbocycles. The summed E-state index contributed by atoms with van der Waals surface area (Å²) in [5.41, 5.74) is 6.00. The van der Waals surface area contributed by atoms with Crippen LogP contribution in [0.3, 0.4) is 0 Å².